The Morgan fingerprint density at radius 2 is 2.00 bits per heavy atom. The minimum absolute atomic E-state index is 0. The summed E-state index contributed by atoms with van der Waals surface area (Å²) in [7, 11) is 1.77. The van der Waals surface area contributed by atoms with E-state index in [-0.39, 0.29) is 28.9 Å². The lowest BCUT2D eigenvalue weighted by Gasteiger charge is -2.28. The molecule has 3 heterocycles. The highest BCUT2D eigenvalue weighted by Gasteiger charge is 2.44. The van der Waals surface area contributed by atoms with Crippen molar-refractivity contribution in [1.29, 1.82) is 5.41 Å². The van der Waals surface area contributed by atoms with Gasteiger partial charge in [0.05, 0.1) is 19.6 Å². The Labute approximate surface area is 131 Å². The van der Waals surface area contributed by atoms with Gasteiger partial charge in [-0.05, 0) is 0 Å². The SMILES string of the molecule is CN1CNc2c(ncn2[C@@H]2O[C@H](CO)[C@@H](O)[C@H]2O)C1=N.O.O.O. The third kappa shape index (κ3) is 3.13. The van der Waals surface area contributed by atoms with Gasteiger partial charge in [0.15, 0.2) is 12.1 Å². The van der Waals surface area contributed by atoms with E-state index < -0.39 is 24.5 Å². The predicted octanol–water partition coefficient (Wildman–Crippen LogP) is -4.34. The molecule has 2 aliphatic heterocycles. The molecule has 4 atom stereocenters. The van der Waals surface area contributed by atoms with E-state index in [0.717, 1.165) is 0 Å². The fraction of sp³-hybridized carbons (Fsp3) is 0.636. The molecule has 134 valence electrons. The van der Waals surface area contributed by atoms with Gasteiger partial charge in [0, 0.05) is 7.05 Å². The van der Waals surface area contributed by atoms with Gasteiger partial charge in [0.1, 0.15) is 29.8 Å². The van der Waals surface area contributed by atoms with Crippen LogP contribution in [0.25, 0.3) is 0 Å². The van der Waals surface area contributed by atoms with E-state index in [2.05, 4.69) is 10.3 Å². The van der Waals surface area contributed by atoms with Crippen LogP contribution in [0, 0.1) is 5.41 Å². The fourth-order valence-electron chi connectivity index (χ4n) is 2.47. The summed E-state index contributed by atoms with van der Waals surface area (Å²) in [4.78, 5) is 5.83. The van der Waals surface area contributed by atoms with E-state index in [9.17, 15) is 10.2 Å². The summed E-state index contributed by atoms with van der Waals surface area (Å²) in [6, 6.07) is 0. The van der Waals surface area contributed by atoms with Crippen molar-refractivity contribution in [1.82, 2.24) is 14.5 Å². The van der Waals surface area contributed by atoms with Crippen LogP contribution in [0.5, 0.6) is 0 Å². The summed E-state index contributed by atoms with van der Waals surface area (Å²) in [6.45, 7) is 0.0594. The molecular formula is C11H23N5O7. The Morgan fingerprint density at radius 3 is 2.57 bits per heavy atom. The molecule has 12 nitrogen and oxygen atoms in total. The summed E-state index contributed by atoms with van der Waals surface area (Å²) in [5, 5.41) is 39.9. The molecule has 0 spiro atoms. The number of aromatic nitrogens is 2. The second kappa shape index (κ2) is 7.65. The molecule has 23 heavy (non-hydrogen) atoms. The molecule has 0 saturated carbocycles. The van der Waals surface area contributed by atoms with Crippen LogP contribution in [0.15, 0.2) is 6.33 Å². The van der Waals surface area contributed by atoms with Crippen LogP contribution in [-0.4, -0.2) is 90.7 Å². The second-order valence-electron chi connectivity index (χ2n) is 4.96. The Bertz CT molecular complexity index is 539. The number of ether oxygens (including phenoxy) is 1. The zero-order chi connectivity index (χ0) is 14.4. The van der Waals surface area contributed by atoms with Gasteiger partial charge in [-0.2, -0.15) is 0 Å². The molecule has 0 radical (unpaired) electrons. The van der Waals surface area contributed by atoms with Crippen molar-refractivity contribution < 1.29 is 36.5 Å². The van der Waals surface area contributed by atoms with Crippen molar-refractivity contribution in [3.63, 3.8) is 0 Å². The zero-order valence-electron chi connectivity index (χ0n) is 12.4. The summed E-state index contributed by atoms with van der Waals surface area (Å²) < 4.78 is 7.00. The van der Waals surface area contributed by atoms with E-state index in [1.807, 2.05) is 0 Å². The van der Waals surface area contributed by atoms with Crippen LogP contribution >= 0.6 is 0 Å². The Balaban J connectivity index is 0.00000161. The summed E-state index contributed by atoms with van der Waals surface area (Å²) in [6.07, 6.45) is -2.55. The van der Waals surface area contributed by atoms with Gasteiger partial charge in [-0.3, -0.25) is 9.98 Å². The largest absolute Gasteiger partial charge is 0.412 e. The van der Waals surface area contributed by atoms with Gasteiger partial charge in [-0.1, -0.05) is 0 Å². The van der Waals surface area contributed by atoms with Crippen LogP contribution in [0.1, 0.15) is 11.9 Å². The quantitative estimate of drug-likeness (QED) is 0.356. The standard InChI is InChI=1S/C11H17N5O4.3H2O/c1-15-3-14-10-6(9(15)12)13-4-16(10)11-8(19)7(18)5(2-17)20-11;;;/h4-5,7-8,11-12,14,17-19H,2-3H2,1H3;3*1H2/t5-,7-,8-,11-;;;/m1.../s1. The Morgan fingerprint density at radius 1 is 1.35 bits per heavy atom. The maximum Gasteiger partial charge on any atom is 0.165 e. The number of hydrogen-bond donors (Lipinski definition) is 5. The number of anilines is 1. The summed E-state index contributed by atoms with van der Waals surface area (Å²) in [5.74, 6) is 0.826. The topological polar surface area (TPSA) is 221 Å². The maximum atomic E-state index is 10.0. The van der Waals surface area contributed by atoms with Gasteiger partial charge in [-0.25, -0.2) is 4.98 Å². The van der Waals surface area contributed by atoms with Crippen LogP contribution in [0.2, 0.25) is 0 Å². The van der Waals surface area contributed by atoms with Crippen LogP contribution < -0.4 is 5.32 Å². The average Bonchev–Trinajstić information content (AvgIpc) is 2.98. The fourth-order valence-corrected chi connectivity index (χ4v) is 2.47. The molecule has 11 N–H and O–H groups in total. The van der Waals surface area contributed by atoms with Gasteiger partial charge >= 0.3 is 0 Å². The number of amidine groups is 1. The number of nitrogens with zero attached hydrogens (tertiary/aromatic N) is 3. The molecule has 1 fully saturated rings. The lowest BCUT2D eigenvalue weighted by Crippen LogP contribution is -2.38. The molecule has 0 amide bonds. The maximum absolute atomic E-state index is 10.0. The monoisotopic (exact) mass is 337 g/mol. The predicted molar refractivity (Wildman–Crippen MR) is 79.2 cm³/mol. The van der Waals surface area contributed by atoms with Crippen molar-refractivity contribution in [2.24, 2.45) is 0 Å². The van der Waals surface area contributed by atoms with E-state index in [4.69, 9.17) is 15.3 Å². The first-order valence-corrected chi connectivity index (χ1v) is 6.27. The molecule has 12 heteroatoms. The molecule has 1 aromatic rings. The van der Waals surface area contributed by atoms with E-state index in [0.29, 0.717) is 18.2 Å². The normalized spacial score (nSPS) is 28.9. The highest BCUT2D eigenvalue weighted by molar-refractivity contribution is 6.00. The number of imidazole rings is 1. The molecule has 3 rings (SSSR count). The van der Waals surface area contributed by atoms with E-state index in [1.54, 1.807) is 16.5 Å². The smallest absolute Gasteiger partial charge is 0.165 e. The van der Waals surface area contributed by atoms with E-state index in [1.165, 1.54) is 6.33 Å². The lowest BCUT2D eigenvalue weighted by molar-refractivity contribution is -0.0519. The molecule has 0 bridgehead atoms. The van der Waals surface area contributed by atoms with Crippen molar-refractivity contribution in [3.05, 3.63) is 12.0 Å². The average molecular weight is 337 g/mol. The first-order chi connectivity index (χ1) is 9.54. The number of aliphatic hydroxyl groups excluding tert-OH is 3. The number of aliphatic hydroxyl groups is 3. The minimum atomic E-state index is -1.17. The number of rotatable bonds is 2. The van der Waals surface area contributed by atoms with Crippen molar-refractivity contribution in [2.75, 3.05) is 25.6 Å². The van der Waals surface area contributed by atoms with Gasteiger partial charge in [0.25, 0.3) is 0 Å². The second-order valence-corrected chi connectivity index (χ2v) is 4.96. The van der Waals surface area contributed by atoms with Crippen LogP contribution in [-0.2, 0) is 4.74 Å². The molecule has 1 saturated heterocycles. The Kier molecular flexibility index (Phi) is 7.05. The Hall–Kier alpha value is -1.80. The minimum Gasteiger partial charge on any atom is -0.412 e. The van der Waals surface area contributed by atoms with Crippen molar-refractivity contribution >= 4 is 11.7 Å². The van der Waals surface area contributed by atoms with E-state index >= 15 is 0 Å². The first kappa shape index (κ1) is 21.2. The highest BCUT2D eigenvalue weighted by Crippen LogP contribution is 2.33. The summed E-state index contributed by atoms with van der Waals surface area (Å²) in [5.41, 5.74) is 0.455. The van der Waals surface area contributed by atoms with Gasteiger partial charge in [0.2, 0.25) is 0 Å². The van der Waals surface area contributed by atoms with Crippen LogP contribution in [0.3, 0.4) is 0 Å². The van der Waals surface area contributed by atoms with Gasteiger partial charge in [-0.15, -0.1) is 0 Å². The molecule has 0 unspecified atom stereocenters. The number of fused-ring (bicyclic) bond motifs is 1. The third-order valence-corrected chi connectivity index (χ3v) is 3.67. The van der Waals surface area contributed by atoms with Gasteiger partial charge < -0.3 is 46.7 Å². The number of nitrogens with one attached hydrogen (secondary N) is 2. The lowest BCUT2D eigenvalue weighted by atomic mass is 10.1. The van der Waals surface area contributed by atoms with Crippen molar-refractivity contribution in [3.8, 4) is 0 Å². The third-order valence-electron chi connectivity index (χ3n) is 3.67. The zero-order valence-corrected chi connectivity index (χ0v) is 12.4. The van der Waals surface area contributed by atoms with Crippen molar-refractivity contribution in [2.45, 2.75) is 24.5 Å². The molecule has 2 aliphatic rings. The molecule has 0 aromatic carbocycles. The summed E-state index contributed by atoms with van der Waals surface area (Å²) >= 11 is 0. The molecule has 0 aliphatic carbocycles. The van der Waals surface area contributed by atoms with Crippen LogP contribution in [0.4, 0.5) is 5.82 Å². The highest BCUT2D eigenvalue weighted by atomic mass is 16.6. The molecular weight excluding hydrogens is 314 g/mol. The molecule has 1 aromatic heterocycles. The first-order valence-electron chi connectivity index (χ1n) is 6.27. The number of hydrogen-bond acceptors (Lipinski definition) is 7.